The molecule has 33 heavy (non-hydrogen) atoms. The van der Waals surface area contributed by atoms with Crippen LogP contribution in [-0.4, -0.2) is 93.1 Å². The molecule has 5 N–H and O–H groups in total. The molecule has 13 heteroatoms. The Balaban J connectivity index is 1.97. The second-order valence-corrected chi connectivity index (χ2v) is 10.4. The third kappa shape index (κ3) is 9.54. The van der Waals surface area contributed by atoms with Crippen molar-refractivity contribution in [2.75, 3.05) is 39.0 Å². The predicted octanol–water partition coefficient (Wildman–Crippen LogP) is -1.04. The van der Waals surface area contributed by atoms with Crippen LogP contribution in [0.1, 0.15) is 45.4 Å². The van der Waals surface area contributed by atoms with Crippen LogP contribution in [0, 0.1) is 11.3 Å². The molecule has 0 unspecified atom stereocenters. The molecular formula is C20H36N6O6S. The number of carbonyl (C=O) groups is 3. The van der Waals surface area contributed by atoms with Gasteiger partial charge in [-0.2, -0.15) is 0 Å². The first-order chi connectivity index (χ1) is 15.5. The number of amides is 2. The number of sulfonamides is 1. The van der Waals surface area contributed by atoms with Crippen LogP contribution in [0.25, 0.3) is 0 Å². The topological polar surface area (TPSA) is 175 Å². The minimum absolute atomic E-state index is 0.00218. The van der Waals surface area contributed by atoms with Gasteiger partial charge in [-0.05, 0) is 38.5 Å². The Bertz CT molecular complexity index is 831. The maximum atomic E-state index is 13.2. The Morgan fingerprint density at radius 2 is 1.97 bits per heavy atom. The second kappa shape index (κ2) is 12.2. The quantitative estimate of drug-likeness (QED) is 0.153. The van der Waals surface area contributed by atoms with Crippen molar-refractivity contribution in [2.24, 2.45) is 11.7 Å². The summed E-state index contributed by atoms with van der Waals surface area (Å²) < 4.78 is 30.9. The van der Waals surface area contributed by atoms with E-state index < -0.39 is 33.8 Å². The van der Waals surface area contributed by atoms with E-state index in [0.717, 1.165) is 31.9 Å². The summed E-state index contributed by atoms with van der Waals surface area (Å²) in [6.07, 6.45) is 3.84. The number of hydrogen-bond acceptors (Lipinski definition) is 7. The highest BCUT2D eigenvalue weighted by Gasteiger charge is 2.37. The van der Waals surface area contributed by atoms with Gasteiger partial charge in [-0.15, -0.1) is 0 Å². The summed E-state index contributed by atoms with van der Waals surface area (Å²) in [5.41, 5.74) is 5.55. The van der Waals surface area contributed by atoms with E-state index >= 15 is 0 Å². The maximum Gasteiger partial charge on any atom is 0.307 e. The zero-order valence-electron chi connectivity index (χ0n) is 19.3. The Morgan fingerprint density at radius 1 is 1.27 bits per heavy atom. The normalized spacial score (nSPS) is 19.5. The molecule has 12 nitrogen and oxygen atoms in total. The SMILES string of the molecule is CCOC(=O)CCN(C(=O)[C@H](CC(=O)NC[C@@H]1CCCN(C(=N)N)C1)NS(C)(=O)=O)C1CC1. The van der Waals surface area contributed by atoms with Crippen LogP contribution in [-0.2, 0) is 29.1 Å². The van der Waals surface area contributed by atoms with Gasteiger partial charge in [0.05, 0.1) is 25.7 Å². The van der Waals surface area contributed by atoms with E-state index in [0.29, 0.717) is 19.6 Å². The number of ether oxygens (including phenoxy) is 1. The summed E-state index contributed by atoms with van der Waals surface area (Å²) in [7, 11) is -3.76. The van der Waals surface area contributed by atoms with Gasteiger partial charge in [0.2, 0.25) is 21.8 Å². The van der Waals surface area contributed by atoms with Crippen LogP contribution in [0.3, 0.4) is 0 Å². The van der Waals surface area contributed by atoms with Crippen LogP contribution in [0.5, 0.6) is 0 Å². The minimum atomic E-state index is -3.76. The van der Waals surface area contributed by atoms with Crippen molar-refractivity contribution < 1.29 is 27.5 Å². The first kappa shape index (κ1) is 26.8. The fourth-order valence-electron chi connectivity index (χ4n) is 3.91. The molecule has 1 saturated heterocycles. The van der Waals surface area contributed by atoms with E-state index in [1.165, 1.54) is 4.90 Å². The Morgan fingerprint density at radius 3 is 2.55 bits per heavy atom. The number of nitrogens with one attached hydrogen (secondary N) is 3. The molecule has 188 valence electrons. The van der Waals surface area contributed by atoms with E-state index in [4.69, 9.17) is 15.9 Å². The van der Waals surface area contributed by atoms with Gasteiger partial charge in [-0.3, -0.25) is 19.8 Å². The molecule has 1 heterocycles. The van der Waals surface area contributed by atoms with E-state index in [1.807, 2.05) is 0 Å². The lowest BCUT2D eigenvalue weighted by atomic mass is 9.98. The molecule has 1 saturated carbocycles. The fraction of sp³-hybridized carbons (Fsp3) is 0.800. The minimum Gasteiger partial charge on any atom is -0.466 e. The highest BCUT2D eigenvalue weighted by Crippen LogP contribution is 2.28. The van der Waals surface area contributed by atoms with Crippen molar-refractivity contribution in [1.29, 1.82) is 5.41 Å². The van der Waals surface area contributed by atoms with Gasteiger partial charge in [0, 0.05) is 32.2 Å². The summed E-state index contributed by atoms with van der Waals surface area (Å²) >= 11 is 0. The van der Waals surface area contributed by atoms with Crippen molar-refractivity contribution in [3.63, 3.8) is 0 Å². The highest BCUT2D eigenvalue weighted by atomic mass is 32.2. The first-order valence-corrected chi connectivity index (χ1v) is 13.2. The monoisotopic (exact) mass is 488 g/mol. The van der Waals surface area contributed by atoms with Crippen LogP contribution in [0.15, 0.2) is 0 Å². The first-order valence-electron chi connectivity index (χ1n) is 11.3. The number of likely N-dealkylation sites (tertiary alicyclic amines) is 1. The highest BCUT2D eigenvalue weighted by molar-refractivity contribution is 7.88. The van der Waals surface area contributed by atoms with Gasteiger partial charge in [0.25, 0.3) is 0 Å². The van der Waals surface area contributed by atoms with Gasteiger partial charge >= 0.3 is 5.97 Å². The lowest BCUT2D eigenvalue weighted by Gasteiger charge is -2.33. The van der Waals surface area contributed by atoms with Crippen molar-refractivity contribution in [3.05, 3.63) is 0 Å². The fourth-order valence-corrected chi connectivity index (χ4v) is 4.61. The van der Waals surface area contributed by atoms with E-state index in [2.05, 4.69) is 10.0 Å². The summed E-state index contributed by atoms with van der Waals surface area (Å²) in [5, 5.41) is 10.3. The molecule has 0 spiro atoms. The van der Waals surface area contributed by atoms with Crippen molar-refractivity contribution >= 4 is 33.8 Å². The van der Waals surface area contributed by atoms with Crippen LogP contribution in [0.4, 0.5) is 0 Å². The van der Waals surface area contributed by atoms with Gasteiger partial charge in [-0.1, -0.05) is 0 Å². The summed E-state index contributed by atoms with van der Waals surface area (Å²) in [6.45, 7) is 3.64. The molecule has 2 rings (SSSR count). The molecule has 2 fully saturated rings. The van der Waals surface area contributed by atoms with Crippen molar-refractivity contribution in [2.45, 2.75) is 57.5 Å². The third-order valence-electron chi connectivity index (χ3n) is 5.62. The number of hydrogen-bond donors (Lipinski definition) is 4. The van der Waals surface area contributed by atoms with Gasteiger partial charge in [0.15, 0.2) is 5.96 Å². The molecule has 0 bridgehead atoms. The van der Waals surface area contributed by atoms with Gasteiger partial charge in [0.1, 0.15) is 6.04 Å². The number of rotatable bonds is 12. The average molecular weight is 489 g/mol. The third-order valence-corrected chi connectivity index (χ3v) is 6.34. The molecule has 1 aliphatic carbocycles. The number of nitrogens with two attached hydrogens (primary N) is 1. The van der Waals surface area contributed by atoms with Crippen LogP contribution < -0.4 is 15.8 Å². The average Bonchev–Trinajstić information content (AvgIpc) is 3.56. The largest absolute Gasteiger partial charge is 0.466 e. The number of piperidine rings is 1. The lowest BCUT2D eigenvalue weighted by molar-refractivity contribution is -0.144. The summed E-state index contributed by atoms with van der Waals surface area (Å²) in [5.74, 6) is -1.31. The maximum absolute atomic E-state index is 13.2. The molecular weight excluding hydrogens is 452 g/mol. The summed E-state index contributed by atoms with van der Waals surface area (Å²) in [4.78, 5) is 40.7. The standard InChI is InChI=1S/C20H36N6O6S/c1-3-32-18(28)8-10-26(15-6-7-15)19(29)16(24-33(2,30)31)11-17(27)23-12-14-5-4-9-25(13-14)20(21)22/h14-16,24H,3-13H2,1-2H3,(H3,21,22)(H,23,27)/t14-,16-/m0/s1. The lowest BCUT2D eigenvalue weighted by Crippen LogP contribution is -2.52. The Kier molecular flexibility index (Phi) is 9.89. The number of nitrogens with zero attached hydrogens (tertiary/aromatic N) is 2. The second-order valence-electron chi connectivity index (χ2n) is 8.61. The smallest absolute Gasteiger partial charge is 0.307 e. The number of esters is 1. The molecule has 1 aliphatic heterocycles. The van der Waals surface area contributed by atoms with E-state index in [9.17, 15) is 22.8 Å². The Labute approximate surface area is 195 Å². The Hall–Kier alpha value is -2.41. The molecule has 2 aliphatic rings. The molecule has 0 aromatic carbocycles. The summed E-state index contributed by atoms with van der Waals surface area (Å²) in [6, 6.07) is -1.33. The molecule has 2 atom stereocenters. The van der Waals surface area contributed by atoms with Gasteiger partial charge < -0.3 is 25.6 Å². The molecule has 2 amide bonds. The predicted molar refractivity (Wildman–Crippen MR) is 122 cm³/mol. The van der Waals surface area contributed by atoms with Gasteiger partial charge in [-0.25, -0.2) is 13.1 Å². The van der Waals surface area contributed by atoms with Crippen molar-refractivity contribution in [1.82, 2.24) is 19.8 Å². The van der Waals surface area contributed by atoms with E-state index in [1.54, 1.807) is 11.8 Å². The zero-order chi connectivity index (χ0) is 24.6. The molecule has 0 aromatic rings. The van der Waals surface area contributed by atoms with Crippen molar-refractivity contribution in [3.8, 4) is 0 Å². The van der Waals surface area contributed by atoms with E-state index in [-0.39, 0.29) is 43.9 Å². The molecule has 0 aromatic heterocycles. The zero-order valence-corrected chi connectivity index (χ0v) is 20.2. The number of carbonyl (C=O) groups excluding carboxylic acids is 3. The number of guanidine groups is 1. The van der Waals surface area contributed by atoms with Crippen LogP contribution in [0.2, 0.25) is 0 Å². The molecule has 0 radical (unpaired) electrons. The van der Waals surface area contributed by atoms with Crippen LogP contribution >= 0.6 is 0 Å².